The molecule has 0 spiro atoms. The first-order valence-corrected chi connectivity index (χ1v) is 8.75. The Labute approximate surface area is 155 Å². The third-order valence-electron chi connectivity index (χ3n) is 4.47. The first kappa shape index (κ1) is 19.0. The number of halogens is 3. The lowest BCUT2D eigenvalue weighted by atomic mass is 10.1. The maximum absolute atomic E-state index is 12.6. The van der Waals surface area contributed by atoms with Crippen LogP contribution in [0.15, 0.2) is 36.4 Å². The highest BCUT2D eigenvalue weighted by Crippen LogP contribution is 2.29. The van der Waals surface area contributed by atoms with Gasteiger partial charge in [0, 0.05) is 37.9 Å². The van der Waals surface area contributed by atoms with Crippen molar-refractivity contribution in [3.05, 3.63) is 53.2 Å². The van der Waals surface area contributed by atoms with Crippen molar-refractivity contribution >= 4 is 17.5 Å². The van der Waals surface area contributed by atoms with Crippen LogP contribution in [0.3, 0.4) is 0 Å². The highest BCUT2D eigenvalue weighted by atomic mass is 19.4. The zero-order valence-corrected chi connectivity index (χ0v) is 14.9. The molecule has 27 heavy (non-hydrogen) atoms. The number of amides is 2. The number of benzene rings is 1. The SMILES string of the molecule is CN(CCc1ccc2c(n1)NCCC2)C(=O)Nc1ccc(C(F)(F)F)cc1. The van der Waals surface area contributed by atoms with E-state index in [0.29, 0.717) is 18.7 Å². The lowest BCUT2D eigenvalue weighted by Crippen LogP contribution is -2.33. The van der Waals surface area contributed by atoms with Gasteiger partial charge in [-0.15, -0.1) is 0 Å². The number of nitrogens with one attached hydrogen (secondary N) is 2. The molecule has 2 aromatic rings. The van der Waals surface area contributed by atoms with E-state index < -0.39 is 11.7 Å². The summed E-state index contributed by atoms with van der Waals surface area (Å²) in [5.41, 5.74) is 1.66. The number of pyridine rings is 1. The Morgan fingerprint density at radius 3 is 2.67 bits per heavy atom. The minimum Gasteiger partial charge on any atom is -0.370 e. The van der Waals surface area contributed by atoms with Gasteiger partial charge < -0.3 is 15.5 Å². The summed E-state index contributed by atoms with van der Waals surface area (Å²) in [6.07, 6.45) is -1.69. The van der Waals surface area contributed by atoms with Crippen LogP contribution in [0.4, 0.5) is 29.5 Å². The van der Waals surface area contributed by atoms with E-state index in [4.69, 9.17) is 0 Å². The molecule has 1 aromatic carbocycles. The van der Waals surface area contributed by atoms with Gasteiger partial charge in [-0.1, -0.05) is 6.07 Å². The topological polar surface area (TPSA) is 57.3 Å². The molecule has 0 fully saturated rings. The lowest BCUT2D eigenvalue weighted by Gasteiger charge is -2.20. The Hall–Kier alpha value is -2.77. The first-order chi connectivity index (χ1) is 12.8. The number of alkyl halides is 3. The molecule has 2 amide bonds. The summed E-state index contributed by atoms with van der Waals surface area (Å²) in [4.78, 5) is 18.3. The van der Waals surface area contributed by atoms with Crippen LogP contribution in [-0.4, -0.2) is 36.1 Å². The van der Waals surface area contributed by atoms with Crippen molar-refractivity contribution in [1.29, 1.82) is 0 Å². The van der Waals surface area contributed by atoms with E-state index in [0.717, 1.165) is 43.0 Å². The van der Waals surface area contributed by atoms with E-state index in [2.05, 4.69) is 21.7 Å². The molecule has 3 rings (SSSR count). The highest BCUT2D eigenvalue weighted by molar-refractivity contribution is 5.89. The third kappa shape index (κ3) is 4.90. The van der Waals surface area contributed by atoms with E-state index in [9.17, 15) is 18.0 Å². The number of urea groups is 1. The molecule has 2 heterocycles. The van der Waals surface area contributed by atoms with E-state index in [1.807, 2.05) is 6.07 Å². The maximum atomic E-state index is 12.6. The number of rotatable bonds is 4. The van der Waals surface area contributed by atoms with Crippen molar-refractivity contribution in [3.63, 3.8) is 0 Å². The average molecular weight is 378 g/mol. The van der Waals surface area contributed by atoms with Gasteiger partial charge in [0.15, 0.2) is 0 Å². The van der Waals surface area contributed by atoms with Crippen LogP contribution in [0.1, 0.15) is 23.2 Å². The molecular formula is C19H21F3N4O. The van der Waals surface area contributed by atoms with Crippen LogP contribution < -0.4 is 10.6 Å². The van der Waals surface area contributed by atoms with Gasteiger partial charge in [0.25, 0.3) is 0 Å². The number of anilines is 2. The smallest absolute Gasteiger partial charge is 0.370 e. The fourth-order valence-corrected chi connectivity index (χ4v) is 2.85. The van der Waals surface area contributed by atoms with E-state index in [1.165, 1.54) is 22.6 Å². The molecule has 0 atom stereocenters. The summed E-state index contributed by atoms with van der Waals surface area (Å²) in [6.45, 7) is 1.36. The van der Waals surface area contributed by atoms with Crippen LogP contribution >= 0.6 is 0 Å². The van der Waals surface area contributed by atoms with Gasteiger partial charge in [-0.3, -0.25) is 0 Å². The van der Waals surface area contributed by atoms with E-state index in [-0.39, 0.29) is 6.03 Å². The molecule has 0 saturated heterocycles. The second-order valence-electron chi connectivity index (χ2n) is 6.52. The number of carbonyl (C=O) groups excluding carboxylic acids is 1. The van der Waals surface area contributed by atoms with Crippen molar-refractivity contribution in [2.45, 2.75) is 25.4 Å². The van der Waals surface area contributed by atoms with E-state index >= 15 is 0 Å². The largest absolute Gasteiger partial charge is 0.416 e. The Bertz CT molecular complexity index is 806. The van der Waals surface area contributed by atoms with Crippen molar-refractivity contribution in [3.8, 4) is 0 Å². The zero-order valence-electron chi connectivity index (χ0n) is 14.9. The summed E-state index contributed by atoms with van der Waals surface area (Å²) in [5.74, 6) is 0.913. The van der Waals surface area contributed by atoms with E-state index in [1.54, 1.807) is 7.05 Å². The second-order valence-corrected chi connectivity index (χ2v) is 6.52. The Morgan fingerprint density at radius 2 is 1.96 bits per heavy atom. The van der Waals surface area contributed by atoms with Gasteiger partial charge in [-0.25, -0.2) is 9.78 Å². The minimum atomic E-state index is -4.39. The van der Waals surface area contributed by atoms with Gasteiger partial charge in [-0.2, -0.15) is 13.2 Å². The normalized spacial score (nSPS) is 13.5. The zero-order chi connectivity index (χ0) is 19.4. The number of carbonyl (C=O) groups is 1. The molecular weight excluding hydrogens is 357 g/mol. The van der Waals surface area contributed by atoms with Gasteiger partial charge >= 0.3 is 12.2 Å². The van der Waals surface area contributed by atoms with Crippen LogP contribution in [0.5, 0.6) is 0 Å². The van der Waals surface area contributed by atoms with Gasteiger partial charge in [0.2, 0.25) is 0 Å². The summed E-state index contributed by atoms with van der Waals surface area (Å²) in [7, 11) is 1.63. The predicted octanol–water partition coefficient (Wildman–Crippen LogP) is 4.16. The van der Waals surface area contributed by atoms with Crippen LogP contribution in [0.2, 0.25) is 0 Å². The Kier molecular flexibility index (Phi) is 5.53. The average Bonchev–Trinajstić information content (AvgIpc) is 2.65. The second kappa shape index (κ2) is 7.85. The molecule has 1 aliphatic heterocycles. The first-order valence-electron chi connectivity index (χ1n) is 8.75. The minimum absolute atomic E-state index is 0.316. The summed E-state index contributed by atoms with van der Waals surface area (Å²) in [5, 5.41) is 5.87. The third-order valence-corrected chi connectivity index (χ3v) is 4.47. The number of aromatic nitrogens is 1. The quantitative estimate of drug-likeness (QED) is 0.840. The van der Waals surface area contributed by atoms with Crippen LogP contribution in [-0.2, 0) is 19.0 Å². The standard InChI is InChI=1S/C19H21F3N4O/c1-26(12-10-16-7-4-13-3-2-11-23-17(13)24-16)18(27)25-15-8-5-14(6-9-15)19(20,21)22/h4-9H,2-3,10-12H2,1H3,(H,23,24)(H,25,27). The maximum Gasteiger partial charge on any atom is 0.416 e. The number of aryl methyl sites for hydroxylation is 1. The molecule has 0 saturated carbocycles. The van der Waals surface area contributed by atoms with Crippen molar-refractivity contribution in [1.82, 2.24) is 9.88 Å². The molecule has 8 heteroatoms. The monoisotopic (exact) mass is 378 g/mol. The molecule has 0 bridgehead atoms. The number of nitrogens with zero attached hydrogens (tertiary/aromatic N) is 2. The molecule has 2 N–H and O–H groups in total. The van der Waals surface area contributed by atoms with Gasteiger partial charge in [0.05, 0.1) is 5.56 Å². The number of fused-ring (bicyclic) bond motifs is 1. The molecule has 0 unspecified atom stereocenters. The fourth-order valence-electron chi connectivity index (χ4n) is 2.85. The van der Waals surface area contributed by atoms with Crippen molar-refractivity contribution in [2.24, 2.45) is 0 Å². The molecule has 0 aliphatic carbocycles. The van der Waals surface area contributed by atoms with Gasteiger partial charge in [-0.05, 0) is 48.7 Å². The van der Waals surface area contributed by atoms with Crippen LogP contribution in [0.25, 0.3) is 0 Å². The summed E-state index contributed by atoms with van der Waals surface area (Å²) >= 11 is 0. The fraction of sp³-hybridized carbons (Fsp3) is 0.368. The molecule has 144 valence electrons. The molecule has 1 aromatic heterocycles. The molecule has 5 nitrogen and oxygen atoms in total. The molecule has 1 aliphatic rings. The Balaban J connectivity index is 1.53. The van der Waals surface area contributed by atoms with Gasteiger partial charge in [0.1, 0.15) is 5.82 Å². The summed E-state index contributed by atoms with van der Waals surface area (Å²) in [6, 6.07) is 8.01. The lowest BCUT2D eigenvalue weighted by molar-refractivity contribution is -0.137. The van der Waals surface area contributed by atoms with Crippen molar-refractivity contribution in [2.75, 3.05) is 30.8 Å². The van der Waals surface area contributed by atoms with Crippen molar-refractivity contribution < 1.29 is 18.0 Å². The Morgan fingerprint density at radius 1 is 1.22 bits per heavy atom. The molecule has 0 radical (unpaired) electrons. The highest BCUT2D eigenvalue weighted by Gasteiger charge is 2.30. The number of hydrogen-bond acceptors (Lipinski definition) is 3. The number of likely N-dealkylation sites (N-methyl/N-ethyl adjacent to an activating group) is 1. The van der Waals surface area contributed by atoms with Crippen LogP contribution in [0, 0.1) is 0 Å². The predicted molar refractivity (Wildman–Crippen MR) is 97.8 cm³/mol. The number of hydrogen-bond donors (Lipinski definition) is 2. The summed E-state index contributed by atoms with van der Waals surface area (Å²) < 4.78 is 37.7.